The first kappa shape index (κ1) is 16.1. The van der Waals surface area contributed by atoms with Crippen LogP contribution in [0.4, 0.5) is 5.82 Å². The zero-order valence-corrected chi connectivity index (χ0v) is 14.2. The Labute approximate surface area is 142 Å². The molecule has 0 aliphatic carbocycles. The number of nitrogens with one attached hydrogen (secondary N) is 2. The molecule has 124 valence electrons. The Morgan fingerprint density at radius 3 is 2.92 bits per heavy atom. The van der Waals surface area contributed by atoms with E-state index in [4.69, 9.17) is 0 Å². The second kappa shape index (κ2) is 6.79. The molecule has 3 rings (SSSR count). The van der Waals surface area contributed by atoms with Crippen LogP contribution in [0.2, 0.25) is 0 Å². The zero-order valence-electron chi connectivity index (χ0n) is 13.4. The minimum absolute atomic E-state index is 0.221. The van der Waals surface area contributed by atoms with Crippen molar-refractivity contribution >= 4 is 23.1 Å². The molecule has 7 nitrogen and oxygen atoms in total. The van der Waals surface area contributed by atoms with Crippen molar-refractivity contribution in [3.8, 4) is 16.5 Å². The summed E-state index contributed by atoms with van der Waals surface area (Å²) >= 11 is 1.55. The quantitative estimate of drug-likeness (QED) is 0.745. The van der Waals surface area contributed by atoms with Gasteiger partial charge in [0.2, 0.25) is 11.9 Å². The van der Waals surface area contributed by atoms with Crippen molar-refractivity contribution in [2.24, 2.45) is 0 Å². The number of H-pyrrole nitrogens is 1. The molecule has 3 aromatic rings. The smallest absolute Gasteiger partial charge is 0.252 e. The van der Waals surface area contributed by atoms with Crippen LogP contribution >= 0.6 is 11.3 Å². The van der Waals surface area contributed by atoms with E-state index in [0.29, 0.717) is 23.6 Å². The zero-order chi connectivity index (χ0) is 17.1. The Morgan fingerprint density at radius 1 is 1.42 bits per heavy atom. The van der Waals surface area contributed by atoms with Crippen LogP contribution in [0, 0.1) is 0 Å². The molecule has 0 aliphatic rings. The number of thiophene rings is 1. The lowest BCUT2D eigenvalue weighted by molar-refractivity contribution is -0.114. The summed E-state index contributed by atoms with van der Waals surface area (Å²) < 4.78 is 1.46. The molecule has 3 heterocycles. The van der Waals surface area contributed by atoms with E-state index in [1.54, 1.807) is 17.4 Å². The summed E-state index contributed by atoms with van der Waals surface area (Å²) in [5.74, 6) is 0.529. The highest BCUT2D eigenvalue weighted by atomic mass is 32.1. The number of rotatable bonds is 5. The van der Waals surface area contributed by atoms with E-state index < -0.39 is 0 Å². The highest BCUT2D eigenvalue weighted by molar-refractivity contribution is 7.13. The maximum atomic E-state index is 11.9. The van der Waals surface area contributed by atoms with Gasteiger partial charge >= 0.3 is 0 Å². The van der Waals surface area contributed by atoms with Crippen LogP contribution < -0.4 is 10.9 Å². The van der Waals surface area contributed by atoms with Crippen molar-refractivity contribution in [3.05, 3.63) is 45.7 Å². The molecule has 0 aromatic carbocycles. The Balaban J connectivity index is 2.12. The number of carbonyl (C=O) groups is 1. The molecule has 0 saturated heterocycles. The van der Waals surface area contributed by atoms with Crippen LogP contribution in [0.5, 0.6) is 0 Å². The van der Waals surface area contributed by atoms with Crippen LogP contribution in [0.3, 0.4) is 0 Å². The van der Waals surface area contributed by atoms with E-state index in [2.05, 4.69) is 20.4 Å². The molecule has 0 spiro atoms. The van der Waals surface area contributed by atoms with E-state index in [1.807, 2.05) is 24.4 Å². The fourth-order valence-electron chi connectivity index (χ4n) is 2.34. The molecule has 1 amide bonds. The molecule has 24 heavy (non-hydrogen) atoms. The summed E-state index contributed by atoms with van der Waals surface area (Å²) in [5.41, 5.74) is 1.15. The van der Waals surface area contributed by atoms with Crippen molar-refractivity contribution in [2.75, 3.05) is 5.32 Å². The topological polar surface area (TPSA) is 92.7 Å². The van der Waals surface area contributed by atoms with Crippen molar-refractivity contribution < 1.29 is 4.79 Å². The van der Waals surface area contributed by atoms with Gasteiger partial charge in [0.05, 0.1) is 4.88 Å². The summed E-state index contributed by atoms with van der Waals surface area (Å²) in [6.45, 7) is 3.44. The van der Waals surface area contributed by atoms with Gasteiger partial charge in [-0.15, -0.1) is 11.3 Å². The SMILES string of the molecule is CCCc1cc(=O)[nH]c(-n2nc(-c3cccs3)cc2NC(C)=O)n1. The minimum atomic E-state index is -0.245. The van der Waals surface area contributed by atoms with Crippen LogP contribution in [-0.2, 0) is 11.2 Å². The van der Waals surface area contributed by atoms with Crippen LogP contribution in [0.15, 0.2) is 34.4 Å². The number of anilines is 1. The largest absolute Gasteiger partial charge is 0.311 e. The molecule has 2 N–H and O–H groups in total. The average Bonchev–Trinajstić information content (AvgIpc) is 3.15. The highest BCUT2D eigenvalue weighted by Gasteiger charge is 2.15. The summed E-state index contributed by atoms with van der Waals surface area (Å²) in [5, 5.41) is 9.18. The standard InChI is InChI=1S/C16H17N5O2S/c1-3-5-11-8-15(23)19-16(18-11)21-14(17-10(2)22)9-12(20-21)13-6-4-7-24-13/h4,6-9H,3,5H2,1-2H3,(H,17,22)(H,18,19,23). The van der Waals surface area contributed by atoms with Crippen LogP contribution in [0.1, 0.15) is 26.0 Å². The Morgan fingerprint density at radius 2 is 2.25 bits per heavy atom. The van der Waals surface area contributed by atoms with E-state index in [0.717, 1.165) is 11.3 Å². The number of hydrogen-bond acceptors (Lipinski definition) is 5. The maximum absolute atomic E-state index is 11.9. The Bertz CT molecular complexity index is 911. The number of aryl methyl sites for hydroxylation is 1. The third kappa shape index (κ3) is 3.43. The molecule has 0 aliphatic heterocycles. The first-order valence-corrected chi connectivity index (χ1v) is 8.47. The van der Waals surface area contributed by atoms with Gasteiger partial charge in [-0.25, -0.2) is 4.98 Å². The van der Waals surface area contributed by atoms with Gasteiger partial charge in [-0.2, -0.15) is 9.78 Å². The van der Waals surface area contributed by atoms with Crippen molar-refractivity contribution in [2.45, 2.75) is 26.7 Å². The molecule has 0 fully saturated rings. The van der Waals surface area contributed by atoms with Gasteiger partial charge in [0.25, 0.3) is 5.56 Å². The summed E-state index contributed by atoms with van der Waals surface area (Å²) in [7, 11) is 0. The molecule has 3 aromatic heterocycles. The summed E-state index contributed by atoms with van der Waals surface area (Å²) in [4.78, 5) is 31.5. The number of aromatic amines is 1. The molecule has 0 bridgehead atoms. The Hall–Kier alpha value is -2.74. The third-order valence-electron chi connectivity index (χ3n) is 3.28. The molecule has 0 unspecified atom stereocenters. The second-order valence-corrected chi connectivity index (χ2v) is 6.24. The van der Waals surface area contributed by atoms with E-state index in [1.165, 1.54) is 17.7 Å². The minimum Gasteiger partial charge on any atom is -0.311 e. The van der Waals surface area contributed by atoms with Gasteiger partial charge in [-0.1, -0.05) is 19.4 Å². The van der Waals surface area contributed by atoms with Crippen LogP contribution in [-0.4, -0.2) is 25.7 Å². The normalized spacial score (nSPS) is 10.8. The van der Waals surface area contributed by atoms with E-state index in [-0.39, 0.29) is 17.4 Å². The number of nitrogens with zero attached hydrogens (tertiary/aromatic N) is 3. The van der Waals surface area contributed by atoms with E-state index >= 15 is 0 Å². The van der Waals surface area contributed by atoms with Gasteiger partial charge in [0.1, 0.15) is 11.5 Å². The predicted octanol–water partition coefficient (Wildman–Crippen LogP) is 2.59. The number of amides is 1. The van der Waals surface area contributed by atoms with Crippen molar-refractivity contribution in [3.63, 3.8) is 0 Å². The molecule has 8 heteroatoms. The van der Waals surface area contributed by atoms with Gasteiger partial charge < -0.3 is 5.32 Å². The Kier molecular flexibility index (Phi) is 4.57. The van der Waals surface area contributed by atoms with Crippen LogP contribution in [0.25, 0.3) is 16.5 Å². The second-order valence-electron chi connectivity index (χ2n) is 5.30. The van der Waals surface area contributed by atoms with Gasteiger partial charge in [-0.3, -0.25) is 14.6 Å². The number of aromatic nitrogens is 4. The summed E-state index contributed by atoms with van der Waals surface area (Å²) in [6.07, 6.45) is 1.58. The fourth-order valence-corrected chi connectivity index (χ4v) is 3.02. The molecule has 0 radical (unpaired) electrons. The number of hydrogen-bond donors (Lipinski definition) is 2. The number of carbonyl (C=O) groups excluding carboxylic acids is 1. The summed E-state index contributed by atoms with van der Waals surface area (Å²) in [6, 6.07) is 7.12. The first-order valence-electron chi connectivity index (χ1n) is 7.59. The average molecular weight is 343 g/mol. The third-order valence-corrected chi connectivity index (χ3v) is 4.17. The van der Waals surface area contributed by atoms with Crippen molar-refractivity contribution in [1.82, 2.24) is 19.7 Å². The molecular weight excluding hydrogens is 326 g/mol. The van der Waals surface area contributed by atoms with Crippen molar-refractivity contribution in [1.29, 1.82) is 0 Å². The fraction of sp³-hybridized carbons (Fsp3) is 0.250. The monoisotopic (exact) mass is 343 g/mol. The van der Waals surface area contributed by atoms with Gasteiger partial charge in [0, 0.05) is 24.8 Å². The molecular formula is C16H17N5O2S. The van der Waals surface area contributed by atoms with Gasteiger partial charge in [-0.05, 0) is 17.9 Å². The van der Waals surface area contributed by atoms with Gasteiger partial charge in [0.15, 0.2) is 0 Å². The van der Waals surface area contributed by atoms with E-state index in [9.17, 15) is 9.59 Å². The molecule has 0 atom stereocenters. The predicted molar refractivity (Wildman–Crippen MR) is 93.6 cm³/mol. The first-order chi connectivity index (χ1) is 11.6. The lowest BCUT2D eigenvalue weighted by Crippen LogP contribution is -2.18. The lowest BCUT2D eigenvalue weighted by Gasteiger charge is -2.07. The lowest BCUT2D eigenvalue weighted by atomic mass is 10.2. The maximum Gasteiger partial charge on any atom is 0.252 e. The highest BCUT2D eigenvalue weighted by Crippen LogP contribution is 2.27. The molecule has 0 saturated carbocycles.